The smallest absolute Gasteiger partial charge is 0.250 e. The molecule has 1 saturated heterocycles. The number of thiocarbonyl (C=S) groups is 1. The van der Waals surface area contributed by atoms with E-state index in [-0.39, 0.29) is 24.4 Å². The molecule has 10 heteroatoms. The molecule has 0 unspecified atom stereocenters. The van der Waals surface area contributed by atoms with Gasteiger partial charge in [0.2, 0.25) is 5.91 Å². The summed E-state index contributed by atoms with van der Waals surface area (Å²) in [6, 6.07) is 20.2. The van der Waals surface area contributed by atoms with Crippen LogP contribution in [0.4, 0.5) is 15.8 Å². The van der Waals surface area contributed by atoms with Crippen LogP contribution >= 0.6 is 12.2 Å². The summed E-state index contributed by atoms with van der Waals surface area (Å²) in [5, 5.41) is 6.67. The third-order valence-corrected chi connectivity index (χ3v) is 6.47. The van der Waals surface area contributed by atoms with Crippen molar-refractivity contribution in [2.75, 3.05) is 31.0 Å². The monoisotopic (exact) mass is 532 g/mol. The van der Waals surface area contributed by atoms with Crippen LogP contribution in [-0.4, -0.2) is 36.8 Å². The van der Waals surface area contributed by atoms with Crippen LogP contribution in [0.5, 0.6) is 5.75 Å². The van der Waals surface area contributed by atoms with E-state index in [0.717, 1.165) is 11.3 Å². The second-order valence-electron chi connectivity index (χ2n) is 8.57. The lowest BCUT2D eigenvalue weighted by Crippen LogP contribution is -2.29. The Balaban J connectivity index is 1.57. The van der Waals surface area contributed by atoms with Gasteiger partial charge in [-0.25, -0.2) is 4.39 Å². The summed E-state index contributed by atoms with van der Waals surface area (Å²) in [4.78, 5) is 18.7. The van der Waals surface area contributed by atoms with Gasteiger partial charge in [-0.05, 0) is 78.9 Å². The summed E-state index contributed by atoms with van der Waals surface area (Å²) >= 11 is 5.79. The van der Waals surface area contributed by atoms with Crippen LogP contribution in [0.3, 0.4) is 0 Å². The Morgan fingerprint density at radius 1 is 1.13 bits per heavy atom. The zero-order valence-electron chi connectivity index (χ0n) is 20.7. The average Bonchev–Trinajstić information content (AvgIpc) is 3.54. The van der Waals surface area contributed by atoms with Crippen molar-refractivity contribution in [2.24, 2.45) is 0 Å². The average molecular weight is 533 g/mol. The van der Waals surface area contributed by atoms with E-state index in [1.165, 1.54) is 26.4 Å². The van der Waals surface area contributed by atoms with Crippen molar-refractivity contribution in [2.45, 2.75) is 12.1 Å². The third kappa shape index (κ3) is 5.09. The van der Waals surface area contributed by atoms with Gasteiger partial charge in [-0.2, -0.15) is 0 Å². The van der Waals surface area contributed by atoms with Gasteiger partial charge in [0.05, 0.1) is 24.5 Å². The minimum absolute atomic E-state index is 0.0972. The molecular formula is C28H25FN4O4S. The molecule has 4 aromatic rings. The second-order valence-corrected chi connectivity index (χ2v) is 8.96. The van der Waals surface area contributed by atoms with Crippen LogP contribution in [0.25, 0.3) is 11.3 Å². The van der Waals surface area contributed by atoms with E-state index in [9.17, 15) is 9.18 Å². The number of carbonyl (C=O) groups excluding carboxylic acids is 1. The number of anilines is 2. The maximum Gasteiger partial charge on any atom is 0.250 e. The van der Waals surface area contributed by atoms with Gasteiger partial charge in [0.25, 0.3) is 0 Å². The Morgan fingerprint density at radius 2 is 1.95 bits per heavy atom. The summed E-state index contributed by atoms with van der Waals surface area (Å²) in [7, 11) is 2.98. The number of halogens is 1. The highest BCUT2D eigenvalue weighted by Crippen LogP contribution is 2.44. The van der Waals surface area contributed by atoms with Gasteiger partial charge in [0, 0.05) is 24.6 Å². The predicted molar refractivity (Wildman–Crippen MR) is 146 cm³/mol. The Labute approximate surface area is 224 Å². The molecule has 0 saturated carbocycles. The molecule has 2 atom stereocenters. The first-order chi connectivity index (χ1) is 18.5. The number of hydrogen-bond acceptors (Lipinski definition) is 6. The summed E-state index contributed by atoms with van der Waals surface area (Å²) < 4.78 is 30.2. The Morgan fingerprint density at radius 3 is 2.66 bits per heavy atom. The van der Waals surface area contributed by atoms with E-state index in [0.29, 0.717) is 33.8 Å². The first-order valence-corrected chi connectivity index (χ1v) is 12.2. The molecule has 1 aliphatic heterocycles. The van der Waals surface area contributed by atoms with Crippen molar-refractivity contribution in [1.29, 1.82) is 0 Å². The molecule has 5 rings (SSSR count). The Hall–Kier alpha value is -4.28. The van der Waals surface area contributed by atoms with E-state index >= 15 is 0 Å². The number of carbonyl (C=O) groups is 1. The lowest BCUT2D eigenvalue weighted by Gasteiger charge is -2.27. The van der Waals surface area contributed by atoms with Crippen LogP contribution in [0.15, 0.2) is 83.4 Å². The summed E-state index contributed by atoms with van der Waals surface area (Å²) in [6.45, 7) is -0.0972. The number of benzene rings is 2. The number of pyridine rings is 1. The van der Waals surface area contributed by atoms with Crippen LogP contribution < -0.4 is 20.3 Å². The highest BCUT2D eigenvalue weighted by molar-refractivity contribution is 7.80. The molecule has 0 aliphatic carbocycles. The van der Waals surface area contributed by atoms with E-state index in [2.05, 4.69) is 15.6 Å². The number of amides is 1. The number of nitrogens with zero attached hydrogens (tertiary/aromatic N) is 2. The zero-order chi connectivity index (χ0) is 26.6. The highest BCUT2D eigenvalue weighted by Gasteiger charge is 2.42. The van der Waals surface area contributed by atoms with Crippen LogP contribution in [0.1, 0.15) is 23.5 Å². The number of nitrogens with one attached hydrogen (secondary N) is 2. The quantitative estimate of drug-likeness (QED) is 0.298. The maximum atomic E-state index is 13.5. The van der Waals surface area contributed by atoms with Gasteiger partial charge in [-0.3, -0.25) is 9.78 Å². The first-order valence-electron chi connectivity index (χ1n) is 11.8. The van der Waals surface area contributed by atoms with Crippen LogP contribution in [0.2, 0.25) is 0 Å². The fraction of sp³-hybridized carbons (Fsp3) is 0.179. The highest BCUT2D eigenvalue weighted by atomic mass is 32.1. The molecule has 2 aromatic heterocycles. The summed E-state index contributed by atoms with van der Waals surface area (Å²) in [5.74, 6) is 1.08. The van der Waals surface area contributed by atoms with E-state index < -0.39 is 6.04 Å². The van der Waals surface area contributed by atoms with E-state index in [1.54, 1.807) is 30.5 Å². The van der Waals surface area contributed by atoms with Crippen molar-refractivity contribution in [3.05, 3.63) is 96.3 Å². The minimum atomic E-state index is -0.414. The first kappa shape index (κ1) is 25.4. The molecule has 1 aliphatic rings. The fourth-order valence-corrected chi connectivity index (χ4v) is 4.81. The van der Waals surface area contributed by atoms with Crippen molar-refractivity contribution < 1.29 is 23.1 Å². The molecule has 1 fully saturated rings. The van der Waals surface area contributed by atoms with Gasteiger partial charge >= 0.3 is 0 Å². The number of aromatic nitrogens is 1. The molecule has 3 heterocycles. The van der Waals surface area contributed by atoms with Gasteiger partial charge in [0.15, 0.2) is 5.11 Å². The minimum Gasteiger partial charge on any atom is -0.495 e. The van der Waals surface area contributed by atoms with Crippen molar-refractivity contribution in [3.63, 3.8) is 0 Å². The molecule has 2 N–H and O–H groups in total. The molecule has 0 radical (unpaired) electrons. The Kier molecular flexibility index (Phi) is 7.34. The Bertz CT molecular complexity index is 1450. The van der Waals surface area contributed by atoms with Gasteiger partial charge in [-0.1, -0.05) is 6.07 Å². The molecule has 0 bridgehead atoms. The summed E-state index contributed by atoms with van der Waals surface area (Å²) in [5.41, 5.74) is 2.71. The maximum absolute atomic E-state index is 13.5. The van der Waals surface area contributed by atoms with Gasteiger partial charge in [-0.15, -0.1) is 0 Å². The molecule has 8 nitrogen and oxygen atoms in total. The standard InChI is InChI=1S/C28H25FN4O4S/c1-35-16-25(34)31-21-15-19(10-11-23(21)36-2)33-27(26(32-28(33)38)20-5-3-4-14-30-20)24-13-12-22(37-24)17-6-8-18(29)9-7-17/h3-15,26-27H,16H2,1-2H3,(H,31,34)(H,32,38)/t26-,27+/m0/s1. The number of rotatable bonds is 8. The fourth-order valence-electron chi connectivity index (χ4n) is 4.46. The molecule has 2 aromatic carbocycles. The molecule has 38 heavy (non-hydrogen) atoms. The topological polar surface area (TPSA) is 88.9 Å². The number of methoxy groups -OCH3 is 2. The second kappa shape index (κ2) is 11.0. The van der Waals surface area contributed by atoms with Crippen LogP contribution in [0, 0.1) is 5.82 Å². The van der Waals surface area contributed by atoms with Crippen LogP contribution in [-0.2, 0) is 9.53 Å². The largest absolute Gasteiger partial charge is 0.495 e. The lowest BCUT2D eigenvalue weighted by molar-refractivity contribution is -0.119. The van der Waals surface area contributed by atoms with Crippen molar-refractivity contribution in [1.82, 2.24) is 10.3 Å². The van der Waals surface area contributed by atoms with Crippen molar-refractivity contribution >= 4 is 34.6 Å². The van der Waals surface area contributed by atoms with E-state index in [4.69, 9.17) is 26.1 Å². The molecule has 0 spiro atoms. The number of furan rings is 1. The number of ether oxygens (including phenoxy) is 2. The SMILES string of the molecule is COCC(=O)Nc1cc(N2C(=S)N[C@@H](c3ccccn3)[C@H]2c2ccc(-c3ccc(F)cc3)o2)ccc1OC. The molecular weight excluding hydrogens is 507 g/mol. The van der Waals surface area contributed by atoms with Crippen molar-refractivity contribution in [3.8, 4) is 17.1 Å². The summed E-state index contributed by atoms with van der Waals surface area (Å²) in [6.07, 6.45) is 1.72. The zero-order valence-corrected chi connectivity index (χ0v) is 21.5. The predicted octanol–water partition coefficient (Wildman–Crippen LogP) is 5.25. The van der Waals surface area contributed by atoms with Gasteiger partial charge < -0.3 is 29.4 Å². The van der Waals surface area contributed by atoms with Gasteiger partial charge in [0.1, 0.15) is 35.7 Å². The molecule has 194 valence electrons. The number of hydrogen-bond donors (Lipinski definition) is 2. The normalized spacial score (nSPS) is 16.8. The van der Waals surface area contributed by atoms with E-state index in [1.807, 2.05) is 41.3 Å². The lowest BCUT2D eigenvalue weighted by atomic mass is 10.0. The third-order valence-electron chi connectivity index (χ3n) is 6.16. The molecule has 1 amide bonds.